The summed E-state index contributed by atoms with van der Waals surface area (Å²) in [6, 6.07) is 12.8. The maximum absolute atomic E-state index is 13.8. The molecule has 0 spiro atoms. The van der Waals surface area contributed by atoms with Crippen LogP contribution < -0.4 is 5.32 Å². The molecule has 1 atom stereocenters. The van der Waals surface area contributed by atoms with Crippen molar-refractivity contribution in [3.63, 3.8) is 0 Å². The van der Waals surface area contributed by atoms with Crippen LogP contribution in [0.1, 0.15) is 35.3 Å². The van der Waals surface area contributed by atoms with E-state index in [0.717, 1.165) is 5.56 Å². The smallest absolute Gasteiger partial charge is 0.251 e. The quantitative estimate of drug-likeness (QED) is 0.861. The van der Waals surface area contributed by atoms with E-state index in [4.69, 9.17) is 0 Å². The summed E-state index contributed by atoms with van der Waals surface area (Å²) in [5.41, 5.74) is 2.00. The zero-order valence-electron chi connectivity index (χ0n) is 15.6. The molecular formula is C21H25FN2O2. The van der Waals surface area contributed by atoms with Crippen molar-refractivity contribution in [1.82, 2.24) is 10.2 Å². The van der Waals surface area contributed by atoms with Crippen LogP contribution in [0, 0.1) is 18.7 Å². The topological polar surface area (TPSA) is 49.4 Å². The molecule has 1 unspecified atom stereocenters. The molecule has 0 saturated heterocycles. The predicted octanol–water partition coefficient (Wildman–Crippen LogP) is 3.55. The van der Waals surface area contributed by atoms with Gasteiger partial charge < -0.3 is 10.2 Å². The van der Waals surface area contributed by atoms with Crippen LogP contribution in [0.5, 0.6) is 0 Å². The Morgan fingerprint density at radius 1 is 1.08 bits per heavy atom. The fraction of sp³-hybridized carbons (Fsp3) is 0.333. The van der Waals surface area contributed by atoms with Crippen LogP contribution in [0.3, 0.4) is 0 Å². The normalized spacial score (nSPS) is 11.9. The highest BCUT2D eigenvalue weighted by Gasteiger charge is 2.27. The molecule has 2 aromatic rings. The average molecular weight is 356 g/mol. The average Bonchev–Trinajstić information content (AvgIpc) is 2.61. The Kier molecular flexibility index (Phi) is 6.50. The second kappa shape index (κ2) is 8.61. The minimum absolute atomic E-state index is 0.0973. The molecule has 138 valence electrons. The van der Waals surface area contributed by atoms with E-state index in [1.807, 2.05) is 32.9 Å². The van der Waals surface area contributed by atoms with E-state index in [0.29, 0.717) is 11.1 Å². The number of amides is 2. The van der Waals surface area contributed by atoms with Crippen LogP contribution in [-0.2, 0) is 11.3 Å². The molecule has 0 saturated carbocycles. The maximum atomic E-state index is 13.8. The van der Waals surface area contributed by atoms with E-state index in [2.05, 4.69) is 5.32 Å². The van der Waals surface area contributed by atoms with Crippen LogP contribution in [0.2, 0.25) is 0 Å². The third-order valence-corrected chi connectivity index (χ3v) is 4.27. The Hall–Kier alpha value is -2.69. The summed E-state index contributed by atoms with van der Waals surface area (Å²) in [5.74, 6) is -0.989. The second-order valence-electron chi connectivity index (χ2n) is 6.85. The van der Waals surface area contributed by atoms with Crippen molar-refractivity contribution < 1.29 is 14.0 Å². The highest BCUT2D eigenvalue weighted by molar-refractivity contribution is 5.97. The Labute approximate surface area is 154 Å². The number of benzene rings is 2. The molecule has 2 aromatic carbocycles. The summed E-state index contributed by atoms with van der Waals surface area (Å²) in [6.45, 7) is 5.83. The number of nitrogens with one attached hydrogen (secondary N) is 1. The lowest BCUT2D eigenvalue weighted by Gasteiger charge is -2.27. The first-order valence-electron chi connectivity index (χ1n) is 8.65. The molecule has 0 aliphatic rings. The minimum atomic E-state index is -0.680. The molecule has 0 bridgehead atoms. The zero-order chi connectivity index (χ0) is 19.3. The Morgan fingerprint density at radius 3 is 2.27 bits per heavy atom. The van der Waals surface area contributed by atoms with Crippen LogP contribution in [0.25, 0.3) is 0 Å². The van der Waals surface area contributed by atoms with Crippen LogP contribution in [-0.4, -0.2) is 29.8 Å². The van der Waals surface area contributed by atoms with Crippen molar-refractivity contribution in [3.05, 3.63) is 71.0 Å². The van der Waals surface area contributed by atoms with Gasteiger partial charge in [0, 0.05) is 24.7 Å². The molecule has 4 nitrogen and oxygen atoms in total. The van der Waals surface area contributed by atoms with Gasteiger partial charge in [0.05, 0.1) is 0 Å². The van der Waals surface area contributed by atoms with Crippen molar-refractivity contribution in [2.24, 2.45) is 5.92 Å². The van der Waals surface area contributed by atoms with Gasteiger partial charge in [-0.1, -0.05) is 49.7 Å². The molecular weight excluding hydrogens is 331 g/mol. The van der Waals surface area contributed by atoms with Gasteiger partial charge in [0.1, 0.15) is 11.9 Å². The first kappa shape index (κ1) is 19.6. The lowest BCUT2D eigenvalue weighted by molar-refractivity contribution is -0.133. The van der Waals surface area contributed by atoms with E-state index in [1.165, 1.54) is 11.0 Å². The molecule has 0 aliphatic heterocycles. The van der Waals surface area contributed by atoms with Gasteiger partial charge in [-0.3, -0.25) is 9.59 Å². The number of halogens is 1. The molecule has 0 aromatic heterocycles. The molecule has 1 N–H and O–H groups in total. The zero-order valence-corrected chi connectivity index (χ0v) is 15.6. The first-order chi connectivity index (χ1) is 12.3. The molecule has 0 heterocycles. The third kappa shape index (κ3) is 4.91. The highest BCUT2D eigenvalue weighted by Crippen LogP contribution is 2.13. The van der Waals surface area contributed by atoms with Gasteiger partial charge in [0.25, 0.3) is 5.91 Å². The van der Waals surface area contributed by atoms with E-state index in [-0.39, 0.29) is 30.1 Å². The summed E-state index contributed by atoms with van der Waals surface area (Å²) in [5, 5.41) is 2.81. The number of likely N-dealkylation sites (N-methyl/N-ethyl adjacent to an activating group) is 1. The standard InChI is InChI=1S/C21H25FN2O2/c1-14(2)19(23-20(25)16-11-9-15(3)10-12-16)21(26)24(4)13-17-7-5-6-8-18(17)22/h5-12,14,19H,13H2,1-4H3,(H,23,25). The number of carbonyl (C=O) groups is 2. The fourth-order valence-corrected chi connectivity index (χ4v) is 2.64. The summed E-state index contributed by atoms with van der Waals surface area (Å²) < 4.78 is 13.8. The van der Waals surface area contributed by atoms with Crippen molar-refractivity contribution in [1.29, 1.82) is 0 Å². The van der Waals surface area contributed by atoms with Gasteiger partial charge in [-0.05, 0) is 31.0 Å². The van der Waals surface area contributed by atoms with Gasteiger partial charge in [0.15, 0.2) is 0 Å². The number of nitrogens with zero attached hydrogens (tertiary/aromatic N) is 1. The van der Waals surface area contributed by atoms with E-state index < -0.39 is 6.04 Å². The van der Waals surface area contributed by atoms with Crippen molar-refractivity contribution in [3.8, 4) is 0 Å². The third-order valence-electron chi connectivity index (χ3n) is 4.27. The predicted molar refractivity (Wildman–Crippen MR) is 100 cm³/mol. The van der Waals surface area contributed by atoms with Crippen molar-refractivity contribution in [2.75, 3.05) is 7.05 Å². The summed E-state index contributed by atoms with van der Waals surface area (Å²) in [4.78, 5) is 26.7. The highest BCUT2D eigenvalue weighted by atomic mass is 19.1. The Bertz CT molecular complexity index is 772. The summed E-state index contributed by atoms with van der Waals surface area (Å²) in [6.07, 6.45) is 0. The lowest BCUT2D eigenvalue weighted by Crippen LogP contribution is -2.50. The monoisotopic (exact) mass is 356 g/mol. The Balaban J connectivity index is 2.10. The van der Waals surface area contributed by atoms with E-state index in [1.54, 1.807) is 37.4 Å². The molecule has 0 aliphatic carbocycles. The second-order valence-corrected chi connectivity index (χ2v) is 6.85. The lowest BCUT2D eigenvalue weighted by atomic mass is 10.0. The molecule has 0 radical (unpaired) electrons. The van der Waals surface area contributed by atoms with Gasteiger partial charge in [0.2, 0.25) is 5.91 Å². The summed E-state index contributed by atoms with van der Waals surface area (Å²) >= 11 is 0. The van der Waals surface area contributed by atoms with Crippen LogP contribution in [0.15, 0.2) is 48.5 Å². The van der Waals surface area contributed by atoms with Gasteiger partial charge in [-0.15, -0.1) is 0 Å². The number of rotatable bonds is 6. The molecule has 26 heavy (non-hydrogen) atoms. The Morgan fingerprint density at radius 2 is 1.69 bits per heavy atom. The van der Waals surface area contributed by atoms with Crippen molar-refractivity contribution >= 4 is 11.8 Å². The molecule has 0 fully saturated rings. The molecule has 2 amide bonds. The van der Waals surface area contributed by atoms with Crippen LogP contribution >= 0.6 is 0 Å². The van der Waals surface area contributed by atoms with Gasteiger partial charge in [-0.25, -0.2) is 4.39 Å². The summed E-state index contributed by atoms with van der Waals surface area (Å²) in [7, 11) is 1.61. The van der Waals surface area contributed by atoms with E-state index in [9.17, 15) is 14.0 Å². The number of aryl methyl sites for hydroxylation is 1. The maximum Gasteiger partial charge on any atom is 0.251 e. The SMILES string of the molecule is Cc1ccc(C(=O)NC(C(=O)N(C)Cc2ccccc2F)C(C)C)cc1. The first-order valence-corrected chi connectivity index (χ1v) is 8.65. The van der Waals surface area contributed by atoms with Gasteiger partial charge >= 0.3 is 0 Å². The number of carbonyl (C=O) groups excluding carboxylic acids is 2. The minimum Gasteiger partial charge on any atom is -0.340 e. The largest absolute Gasteiger partial charge is 0.340 e. The van der Waals surface area contributed by atoms with Crippen LogP contribution in [0.4, 0.5) is 4.39 Å². The van der Waals surface area contributed by atoms with E-state index >= 15 is 0 Å². The van der Waals surface area contributed by atoms with Crippen molar-refractivity contribution in [2.45, 2.75) is 33.4 Å². The molecule has 5 heteroatoms. The van der Waals surface area contributed by atoms with Gasteiger partial charge in [-0.2, -0.15) is 0 Å². The number of hydrogen-bond acceptors (Lipinski definition) is 2. The molecule has 2 rings (SSSR count). The number of hydrogen-bond donors (Lipinski definition) is 1. The fourth-order valence-electron chi connectivity index (χ4n) is 2.64.